The van der Waals surface area contributed by atoms with Gasteiger partial charge in [0.05, 0.1) is 13.7 Å². The maximum Gasteiger partial charge on any atom is 0.319 e. The number of benzene rings is 3. The number of nitrogens with one attached hydrogen (secondary N) is 2. The molecule has 2 N–H and O–H groups in total. The van der Waals surface area contributed by atoms with E-state index >= 15 is 0 Å². The van der Waals surface area contributed by atoms with Crippen LogP contribution in [-0.4, -0.2) is 61.6 Å². The van der Waals surface area contributed by atoms with Crippen LogP contribution in [0.25, 0.3) is 10.8 Å². The Balaban J connectivity index is 1.22. The zero-order valence-electron chi connectivity index (χ0n) is 19.8. The van der Waals surface area contributed by atoms with E-state index in [-0.39, 0.29) is 18.0 Å². The van der Waals surface area contributed by atoms with Crippen molar-refractivity contribution >= 4 is 28.4 Å². The highest BCUT2D eigenvalue weighted by molar-refractivity contribution is 5.89. The van der Waals surface area contributed by atoms with E-state index in [1.54, 1.807) is 12.0 Å². The second kappa shape index (κ2) is 11.0. The number of piperidine rings is 1. The fourth-order valence-corrected chi connectivity index (χ4v) is 4.28. The zero-order valence-corrected chi connectivity index (χ0v) is 19.8. The monoisotopic (exact) mass is 460 g/mol. The minimum atomic E-state index is -0.186. The number of carbonyl (C=O) groups excluding carboxylic acids is 2. The molecule has 0 aliphatic carbocycles. The number of urea groups is 1. The predicted octanol–water partition coefficient (Wildman–Crippen LogP) is 4.09. The Labute approximate surface area is 200 Å². The van der Waals surface area contributed by atoms with E-state index in [0.29, 0.717) is 13.1 Å². The maximum absolute atomic E-state index is 12.8. The summed E-state index contributed by atoms with van der Waals surface area (Å²) in [5.74, 6) is 0.936. The molecule has 0 radical (unpaired) electrons. The van der Waals surface area contributed by atoms with Gasteiger partial charge in [-0.05, 0) is 59.5 Å². The molecule has 0 spiro atoms. The summed E-state index contributed by atoms with van der Waals surface area (Å²) in [6.45, 7) is 2.53. The third-order valence-corrected chi connectivity index (χ3v) is 6.27. The molecule has 0 atom stereocenters. The van der Waals surface area contributed by atoms with E-state index in [2.05, 4.69) is 33.7 Å². The molecule has 3 amide bonds. The molecule has 1 heterocycles. The largest absolute Gasteiger partial charge is 0.497 e. The Morgan fingerprint density at radius 3 is 2.44 bits per heavy atom. The van der Waals surface area contributed by atoms with Crippen molar-refractivity contribution in [1.29, 1.82) is 0 Å². The van der Waals surface area contributed by atoms with Crippen LogP contribution in [0.4, 0.5) is 10.5 Å². The van der Waals surface area contributed by atoms with Gasteiger partial charge in [0.15, 0.2) is 0 Å². The normalized spacial score (nSPS) is 14.5. The number of anilines is 1. The molecule has 0 saturated carbocycles. The summed E-state index contributed by atoms with van der Waals surface area (Å²) in [4.78, 5) is 29.0. The van der Waals surface area contributed by atoms with Crippen LogP contribution in [0.3, 0.4) is 0 Å². The summed E-state index contributed by atoms with van der Waals surface area (Å²) in [5, 5.41) is 8.14. The number of rotatable bonds is 7. The first-order chi connectivity index (χ1) is 16.5. The lowest BCUT2D eigenvalue weighted by molar-refractivity contribution is -0.131. The number of nitrogens with zero attached hydrogens (tertiary/aromatic N) is 2. The highest BCUT2D eigenvalue weighted by Gasteiger charge is 2.23. The molecule has 1 aliphatic rings. The van der Waals surface area contributed by atoms with Gasteiger partial charge in [-0.25, -0.2) is 4.79 Å². The number of likely N-dealkylation sites (N-methyl/N-ethyl adjacent to an activating group) is 1. The van der Waals surface area contributed by atoms with Gasteiger partial charge >= 0.3 is 6.03 Å². The van der Waals surface area contributed by atoms with Crippen molar-refractivity contribution in [2.45, 2.75) is 25.4 Å². The fraction of sp³-hybridized carbons (Fsp3) is 0.333. The van der Waals surface area contributed by atoms with Gasteiger partial charge in [-0.3, -0.25) is 9.69 Å². The van der Waals surface area contributed by atoms with Crippen molar-refractivity contribution < 1.29 is 14.3 Å². The summed E-state index contributed by atoms with van der Waals surface area (Å²) in [7, 11) is 3.51. The van der Waals surface area contributed by atoms with E-state index in [1.807, 2.05) is 55.6 Å². The number of amides is 3. The first-order valence-corrected chi connectivity index (χ1v) is 11.7. The van der Waals surface area contributed by atoms with Crippen molar-refractivity contribution in [3.8, 4) is 5.75 Å². The molecule has 0 unspecified atom stereocenters. The average Bonchev–Trinajstić information content (AvgIpc) is 2.85. The molecule has 0 bridgehead atoms. The van der Waals surface area contributed by atoms with E-state index in [4.69, 9.17) is 4.74 Å². The van der Waals surface area contributed by atoms with Crippen molar-refractivity contribution in [3.05, 3.63) is 72.3 Å². The number of fused-ring (bicyclic) bond motifs is 1. The Morgan fingerprint density at radius 2 is 1.71 bits per heavy atom. The summed E-state index contributed by atoms with van der Waals surface area (Å²) < 4.78 is 5.29. The second-order valence-corrected chi connectivity index (χ2v) is 8.81. The minimum absolute atomic E-state index is 0.100. The summed E-state index contributed by atoms with van der Waals surface area (Å²) >= 11 is 0. The second-order valence-electron chi connectivity index (χ2n) is 8.81. The van der Waals surface area contributed by atoms with Crippen molar-refractivity contribution in [3.63, 3.8) is 0 Å². The van der Waals surface area contributed by atoms with Gasteiger partial charge in [0.2, 0.25) is 5.91 Å². The average molecular weight is 461 g/mol. The lowest BCUT2D eigenvalue weighted by Crippen LogP contribution is -2.48. The number of carbonyl (C=O) groups is 2. The van der Waals surface area contributed by atoms with Crippen molar-refractivity contribution in [2.75, 3.05) is 39.1 Å². The minimum Gasteiger partial charge on any atom is -0.497 e. The van der Waals surface area contributed by atoms with E-state index < -0.39 is 0 Å². The molecule has 34 heavy (non-hydrogen) atoms. The van der Waals surface area contributed by atoms with Gasteiger partial charge in [0, 0.05) is 38.4 Å². The molecular formula is C27H32N4O3. The number of para-hydroxylation sites is 1. The molecule has 7 nitrogen and oxygen atoms in total. The Kier molecular flexibility index (Phi) is 7.65. The Bertz CT molecular complexity index is 1130. The van der Waals surface area contributed by atoms with Crippen LogP contribution in [0.2, 0.25) is 0 Å². The molecule has 3 aromatic carbocycles. The van der Waals surface area contributed by atoms with Crippen molar-refractivity contribution in [2.24, 2.45) is 0 Å². The summed E-state index contributed by atoms with van der Waals surface area (Å²) in [5.41, 5.74) is 1.87. The van der Waals surface area contributed by atoms with Crippen molar-refractivity contribution in [1.82, 2.24) is 15.1 Å². The van der Waals surface area contributed by atoms with Gasteiger partial charge in [-0.15, -0.1) is 0 Å². The van der Waals surface area contributed by atoms with Gasteiger partial charge in [-0.1, -0.05) is 36.4 Å². The SMILES string of the molecule is COc1ccc2cc(CN(C)C(=O)CN3CCC(NC(=O)Nc4ccccc4)CC3)ccc2c1. The third-order valence-electron chi connectivity index (χ3n) is 6.27. The van der Waals surface area contributed by atoms with Crippen LogP contribution in [-0.2, 0) is 11.3 Å². The number of hydrogen-bond acceptors (Lipinski definition) is 4. The smallest absolute Gasteiger partial charge is 0.319 e. The molecule has 1 fully saturated rings. The molecule has 0 aromatic heterocycles. The maximum atomic E-state index is 12.8. The lowest BCUT2D eigenvalue weighted by Gasteiger charge is -2.32. The standard InChI is InChI=1S/C27H32N4O3/c1-30(18-20-8-9-22-17-25(34-2)11-10-21(22)16-20)26(32)19-31-14-12-24(13-15-31)29-27(33)28-23-6-4-3-5-7-23/h3-11,16-17,24H,12-15,18-19H2,1-2H3,(H2,28,29,33). The molecule has 7 heteroatoms. The first kappa shape index (κ1) is 23.6. The molecule has 1 aliphatic heterocycles. The summed E-state index contributed by atoms with van der Waals surface area (Å²) in [6, 6.07) is 21.6. The molecule has 4 rings (SSSR count). The van der Waals surface area contributed by atoms with E-state index in [1.165, 1.54) is 0 Å². The lowest BCUT2D eigenvalue weighted by atomic mass is 10.1. The number of ether oxygens (including phenoxy) is 1. The number of likely N-dealkylation sites (tertiary alicyclic amines) is 1. The Hall–Kier alpha value is -3.58. The highest BCUT2D eigenvalue weighted by atomic mass is 16.5. The van der Waals surface area contributed by atoms with E-state index in [9.17, 15) is 9.59 Å². The van der Waals surface area contributed by atoms with Gasteiger partial charge in [-0.2, -0.15) is 0 Å². The molecular weight excluding hydrogens is 428 g/mol. The van der Waals surface area contributed by atoms with Crippen LogP contribution in [0.5, 0.6) is 5.75 Å². The van der Waals surface area contributed by atoms with Crippen LogP contribution < -0.4 is 15.4 Å². The molecule has 3 aromatic rings. The van der Waals surface area contributed by atoms with Crippen LogP contribution in [0, 0.1) is 0 Å². The zero-order chi connectivity index (χ0) is 23.9. The third kappa shape index (κ3) is 6.26. The number of hydrogen-bond donors (Lipinski definition) is 2. The topological polar surface area (TPSA) is 73.9 Å². The first-order valence-electron chi connectivity index (χ1n) is 11.7. The molecule has 178 valence electrons. The highest BCUT2D eigenvalue weighted by Crippen LogP contribution is 2.22. The van der Waals surface area contributed by atoms with Gasteiger partial charge in [0.1, 0.15) is 5.75 Å². The van der Waals surface area contributed by atoms with E-state index in [0.717, 1.165) is 53.7 Å². The predicted molar refractivity (Wildman–Crippen MR) is 135 cm³/mol. The fourth-order valence-electron chi connectivity index (χ4n) is 4.28. The summed E-state index contributed by atoms with van der Waals surface area (Å²) in [6.07, 6.45) is 1.65. The quantitative estimate of drug-likeness (QED) is 0.557. The van der Waals surface area contributed by atoms with Crippen LogP contribution in [0.1, 0.15) is 18.4 Å². The van der Waals surface area contributed by atoms with Crippen LogP contribution >= 0.6 is 0 Å². The van der Waals surface area contributed by atoms with Gasteiger partial charge in [0.25, 0.3) is 0 Å². The Morgan fingerprint density at radius 1 is 1.00 bits per heavy atom. The number of methoxy groups -OCH3 is 1. The van der Waals surface area contributed by atoms with Gasteiger partial charge < -0.3 is 20.3 Å². The molecule has 1 saturated heterocycles. The van der Waals surface area contributed by atoms with Crippen LogP contribution in [0.15, 0.2) is 66.7 Å².